The molecule has 1 aromatic rings. The maximum absolute atomic E-state index is 5.16. The second kappa shape index (κ2) is 6.40. The summed E-state index contributed by atoms with van der Waals surface area (Å²) in [5.41, 5.74) is 4.08. The smallest absolute Gasteiger partial charge is 0.118 e. The molecule has 0 saturated heterocycles. The third-order valence-electron chi connectivity index (χ3n) is 1.84. The van der Waals surface area contributed by atoms with E-state index in [1.54, 1.807) is 7.11 Å². The van der Waals surface area contributed by atoms with Gasteiger partial charge in [-0.05, 0) is 24.1 Å². The van der Waals surface area contributed by atoms with E-state index in [9.17, 15) is 0 Å². The van der Waals surface area contributed by atoms with Gasteiger partial charge in [0.25, 0.3) is 0 Å². The minimum atomic E-state index is 0.726. The van der Waals surface area contributed by atoms with Crippen molar-refractivity contribution in [3.05, 3.63) is 29.8 Å². The Kier molecular flexibility index (Phi) is 5.04. The lowest BCUT2D eigenvalue weighted by Gasteiger charge is -2.05. The molecule has 0 fully saturated rings. The Balaban J connectivity index is 2.29. The molecule has 0 heterocycles. The van der Waals surface area contributed by atoms with Gasteiger partial charge in [0.15, 0.2) is 0 Å². The van der Waals surface area contributed by atoms with E-state index in [1.807, 2.05) is 24.3 Å². The van der Waals surface area contributed by atoms with E-state index in [2.05, 4.69) is 12.4 Å². The SMILES string of the molecule is CCCONCc1ccc(OC)cc1. The molecule has 14 heavy (non-hydrogen) atoms. The van der Waals surface area contributed by atoms with Gasteiger partial charge < -0.3 is 9.57 Å². The topological polar surface area (TPSA) is 30.5 Å². The highest BCUT2D eigenvalue weighted by atomic mass is 16.6. The zero-order chi connectivity index (χ0) is 10.2. The monoisotopic (exact) mass is 195 g/mol. The van der Waals surface area contributed by atoms with Gasteiger partial charge in [0.1, 0.15) is 5.75 Å². The Bertz CT molecular complexity index is 246. The molecule has 3 nitrogen and oxygen atoms in total. The largest absolute Gasteiger partial charge is 0.497 e. The van der Waals surface area contributed by atoms with Crippen LogP contribution in [0.1, 0.15) is 18.9 Å². The van der Waals surface area contributed by atoms with Crippen LogP contribution in [0.5, 0.6) is 5.75 Å². The summed E-state index contributed by atoms with van der Waals surface area (Å²) in [7, 11) is 1.66. The van der Waals surface area contributed by atoms with Crippen molar-refractivity contribution in [2.24, 2.45) is 0 Å². The Morgan fingerprint density at radius 3 is 2.50 bits per heavy atom. The first kappa shape index (κ1) is 11.0. The highest BCUT2D eigenvalue weighted by Crippen LogP contribution is 2.10. The zero-order valence-electron chi connectivity index (χ0n) is 8.75. The lowest BCUT2D eigenvalue weighted by molar-refractivity contribution is 0.0371. The van der Waals surface area contributed by atoms with Crippen molar-refractivity contribution in [1.82, 2.24) is 5.48 Å². The summed E-state index contributed by atoms with van der Waals surface area (Å²) in [6, 6.07) is 7.91. The molecule has 1 aromatic carbocycles. The van der Waals surface area contributed by atoms with Gasteiger partial charge >= 0.3 is 0 Å². The summed E-state index contributed by atoms with van der Waals surface area (Å²) >= 11 is 0. The van der Waals surface area contributed by atoms with Crippen LogP contribution in [0.4, 0.5) is 0 Å². The summed E-state index contributed by atoms with van der Waals surface area (Å²) in [6.45, 7) is 3.55. The number of hydrogen-bond acceptors (Lipinski definition) is 3. The van der Waals surface area contributed by atoms with Gasteiger partial charge in [0.2, 0.25) is 0 Å². The minimum absolute atomic E-state index is 0.726. The maximum Gasteiger partial charge on any atom is 0.118 e. The Hall–Kier alpha value is -1.06. The first-order valence-electron chi connectivity index (χ1n) is 4.84. The molecule has 0 bridgehead atoms. The lowest BCUT2D eigenvalue weighted by Crippen LogP contribution is -2.14. The Morgan fingerprint density at radius 1 is 1.21 bits per heavy atom. The minimum Gasteiger partial charge on any atom is -0.497 e. The van der Waals surface area contributed by atoms with Crippen molar-refractivity contribution in [3.63, 3.8) is 0 Å². The van der Waals surface area contributed by atoms with Gasteiger partial charge in [-0.25, -0.2) is 0 Å². The molecular weight excluding hydrogens is 178 g/mol. The van der Waals surface area contributed by atoms with Crippen LogP contribution < -0.4 is 10.2 Å². The average Bonchev–Trinajstić information content (AvgIpc) is 2.25. The molecule has 1 N–H and O–H groups in total. The third kappa shape index (κ3) is 3.77. The third-order valence-corrected chi connectivity index (χ3v) is 1.84. The Morgan fingerprint density at radius 2 is 1.93 bits per heavy atom. The van der Waals surface area contributed by atoms with Gasteiger partial charge in [-0.15, -0.1) is 0 Å². The molecule has 0 aromatic heterocycles. The van der Waals surface area contributed by atoms with Crippen molar-refractivity contribution < 1.29 is 9.57 Å². The highest BCUT2D eigenvalue weighted by molar-refractivity contribution is 5.26. The average molecular weight is 195 g/mol. The van der Waals surface area contributed by atoms with Crippen LogP contribution in [0.25, 0.3) is 0 Å². The van der Waals surface area contributed by atoms with Crippen molar-refractivity contribution >= 4 is 0 Å². The number of rotatable bonds is 6. The quantitative estimate of drug-likeness (QED) is 0.557. The number of ether oxygens (including phenoxy) is 1. The number of benzene rings is 1. The molecule has 0 radical (unpaired) electrons. The molecule has 0 saturated carbocycles. The fourth-order valence-corrected chi connectivity index (χ4v) is 1.05. The molecule has 1 rings (SSSR count). The van der Waals surface area contributed by atoms with Crippen molar-refractivity contribution in [2.45, 2.75) is 19.9 Å². The van der Waals surface area contributed by atoms with Gasteiger partial charge in [0, 0.05) is 6.54 Å². The highest BCUT2D eigenvalue weighted by Gasteiger charge is 1.93. The molecule has 0 spiro atoms. The predicted octanol–water partition coefficient (Wildman–Crippen LogP) is 2.13. The Labute approximate surface area is 85.0 Å². The second-order valence-electron chi connectivity index (χ2n) is 3.02. The first-order chi connectivity index (χ1) is 6.86. The van der Waals surface area contributed by atoms with Crippen LogP contribution in [0.3, 0.4) is 0 Å². The molecule has 0 unspecified atom stereocenters. The van der Waals surface area contributed by atoms with E-state index in [-0.39, 0.29) is 0 Å². The summed E-state index contributed by atoms with van der Waals surface area (Å²) in [4.78, 5) is 5.16. The molecule has 0 atom stereocenters. The summed E-state index contributed by atoms with van der Waals surface area (Å²) in [5.74, 6) is 0.878. The van der Waals surface area contributed by atoms with Crippen LogP contribution in [-0.4, -0.2) is 13.7 Å². The van der Waals surface area contributed by atoms with E-state index >= 15 is 0 Å². The van der Waals surface area contributed by atoms with Crippen LogP contribution in [-0.2, 0) is 11.4 Å². The first-order valence-corrected chi connectivity index (χ1v) is 4.84. The maximum atomic E-state index is 5.16. The molecule has 78 valence electrons. The van der Waals surface area contributed by atoms with Crippen LogP contribution >= 0.6 is 0 Å². The molecular formula is C11H17NO2. The van der Waals surface area contributed by atoms with E-state index < -0.39 is 0 Å². The normalized spacial score (nSPS) is 10.1. The van der Waals surface area contributed by atoms with Crippen molar-refractivity contribution in [3.8, 4) is 5.75 Å². The molecule has 0 aliphatic carbocycles. The van der Waals surface area contributed by atoms with Crippen LogP contribution in [0.15, 0.2) is 24.3 Å². The molecule has 0 aliphatic rings. The number of methoxy groups -OCH3 is 1. The summed E-state index contributed by atoms with van der Waals surface area (Å²) in [6.07, 6.45) is 1.02. The summed E-state index contributed by atoms with van der Waals surface area (Å²) in [5, 5.41) is 0. The van der Waals surface area contributed by atoms with E-state index in [0.29, 0.717) is 0 Å². The molecule has 3 heteroatoms. The van der Waals surface area contributed by atoms with E-state index in [0.717, 1.165) is 25.3 Å². The fourth-order valence-electron chi connectivity index (χ4n) is 1.05. The number of hydrogen-bond donors (Lipinski definition) is 1. The zero-order valence-corrected chi connectivity index (χ0v) is 8.75. The number of nitrogens with one attached hydrogen (secondary N) is 1. The molecule has 0 amide bonds. The van der Waals surface area contributed by atoms with Crippen molar-refractivity contribution in [2.75, 3.05) is 13.7 Å². The van der Waals surface area contributed by atoms with Crippen LogP contribution in [0, 0.1) is 0 Å². The van der Waals surface area contributed by atoms with E-state index in [1.165, 1.54) is 5.56 Å². The van der Waals surface area contributed by atoms with Crippen molar-refractivity contribution in [1.29, 1.82) is 0 Å². The van der Waals surface area contributed by atoms with Gasteiger partial charge in [-0.2, -0.15) is 5.48 Å². The van der Waals surface area contributed by atoms with Gasteiger partial charge in [-0.3, -0.25) is 0 Å². The number of hydroxylamine groups is 1. The predicted molar refractivity (Wildman–Crippen MR) is 56.1 cm³/mol. The molecule has 0 aliphatic heterocycles. The lowest BCUT2D eigenvalue weighted by atomic mass is 10.2. The standard InChI is InChI=1S/C11H17NO2/c1-3-8-14-12-9-10-4-6-11(13-2)7-5-10/h4-7,12H,3,8-9H2,1-2H3. The summed E-state index contributed by atoms with van der Waals surface area (Å²) < 4.78 is 5.06. The second-order valence-corrected chi connectivity index (χ2v) is 3.02. The van der Waals surface area contributed by atoms with Crippen LogP contribution in [0.2, 0.25) is 0 Å². The van der Waals surface area contributed by atoms with Gasteiger partial charge in [0.05, 0.1) is 13.7 Å². The van der Waals surface area contributed by atoms with E-state index in [4.69, 9.17) is 9.57 Å². The van der Waals surface area contributed by atoms with Gasteiger partial charge in [-0.1, -0.05) is 19.1 Å². The fraction of sp³-hybridized carbons (Fsp3) is 0.455.